The van der Waals surface area contributed by atoms with Gasteiger partial charge in [0, 0.05) is 18.5 Å². The quantitative estimate of drug-likeness (QED) is 0.877. The van der Waals surface area contributed by atoms with Gasteiger partial charge in [-0.25, -0.2) is 9.97 Å². The van der Waals surface area contributed by atoms with Gasteiger partial charge in [-0.05, 0) is 32.4 Å². The minimum Gasteiger partial charge on any atom is -0.467 e. The zero-order valence-corrected chi connectivity index (χ0v) is 12.4. The van der Waals surface area contributed by atoms with Crippen LogP contribution in [0.15, 0.2) is 22.8 Å². The van der Waals surface area contributed by atoms with Crippen LogP contribution >= 0.6 is 0 Å². The lowest BCUT2D eigenvalue weighted by atomic mass is 10.2. The van der Waals surface area contributed by atoms with E-state index in [0.29, 0.717) is 12.4 Å². The molecule has 0 bridgehead atoms. The molecule has 2 N–H and O–H groups in total. The molecule has 2 aromatic heterocycles. The second kappa shape index (κ2) is 6.41. The van der Waals surface area contributed by atoms with Crippen LogP contribution in [0.2, 0.25) is 0 Å². The summed E-state index contributed by atoms with van der Waals surface area (Å²) in [5.74, 6) is 3.19. The summed E-state index contributed by atoms with van der Waals surface area (Å²) in [4.78, 5) is 11.2. The van der Waals surface area contributed by atoms with Gasteiger partial charge in [-0.3, -0.25) is 0 Å². The fraction of sp³-hybridized carbons (Fsp3) is 0.467. The van der Waals surface area contributed by atoms with E-state index in [2.05, 4.69) is 28.7 Å². The second-order valence-electron chi connectivity index (χ2n) is 4.82. The Morgan fingerprint density at radius 1 is 1.30 bits per heavy atom. The first-order valence-corrected chi connectivity index (χ1v) is 7.06. The SMILES string of the molecule is CCCc1nc(N)c(C)c(N(CC)Cc2ccco2)n1. The molecule has 0 aromatic carbocycles. The first-order valence-electron chi connectivity index (χ1n) is 7.06. The molecule has 108 valence electrons. The van der Waals surface area contributed by atoms with E-state index in [1.54, 1.807) is 6.26 Å². The topological polar surface area (TPSA) is 68.2 Å². The zero-order valence-electron chi connectivity index (χ0n) is 12.4. The van der Waals surface area contributed by atoms with Crippen LogP contribution in [-0.2, 0) is 13.0 Å². The molecule has 2 aromatic rings. The number of hydrogen-bond donors (Lipinski definition) is 1. The molecule has 0 fully saturated rings. The zero-order chi connectivity index (χ0) is 14.5. The van der Waals surface area contributed by atoms with Crippen LogP contribution in [0.1, 0.15) is 37.4 Å². The van der Waals surface area contributed by atoms with E-state index < -0.39 is 0 Å². The second-order valence-corrected chi connectivity index (χ2v) is 4.82. The Bertz CT molecular complexity index is 551. The van der Waals surface area contributed by atoms with Gasteiger partial charge in [0.15, 0.2) is 0 Å². The normalized spacial score (nSPS) is 10.8. The summed E-state index contributed by atoms with van der Waals surface area (Å²) >= 11 is 0. The van der Waals surface area contributed by atoms with Crippen LogP contribution in [0.3, 0.4) is 0 Å². The van der Waals surface area contributed by atoms with Gasteiger partial charge >= 0.3 is 0 Å². The molecular formula is C15H22N4O. The number of nitrogen functional groups attached to an aromatic ring is 1. The number of rotatable bonds is 6. The van der Waals surface area contributed by atoms with Gasteiger partial charge in [-0.1, -0.05) is 6.92 Å². The monoisotopic (exact) mass is 274 g/mol. The van der Waals surface area contributed by atoms with Crippen LogP contribution in [0.25, 0.3) is 0 Å². The first-order chi connectivity index (χ1) is 9.65. The van der Waals surface area contributed by atoms with Crippen LogP contribution in [0.5, 0.6) is 0 Å². The number of furan rings is 1. The van der Waals surface area contributed by atoms with Gasteiger partial charge in [0.25, 0.3) is 0 Å². The number of anilines is 2. The fourth-order valence-electron chi connectivity index (χ4n) is 2.14. The average molecular weight is 274 g/mol. The summed E-state index contributed by atoms with van der Waals surface area (Å²) in [5, 5.41) is 0. The third-order valence-electron chi connectivity index (χ3n) is 3.29. The van der Waals surface area contributed by atoms with Gasteiger partial charge in [0.05, 0.1) is 12.8 Å². The number of nitrogens with zero attached hydrogens (tertiary/aromatic N) is 3. The van der Waals surface area contributed by atoms with Crippen molar-refractivity contribution in [1.82, 2.24) is 9.97 Å². The number of aromatic nitrogens is 2. The van der Waals surface area contributed by atoms with Crippen molar-refractivity contribution in [3.8, 4) is 0 Å². The smallest absolute Gasteiger partial charge is 0.137 e. The summed E-state index contributed by atoms with van der Waals surface area (Å²) in [6.45, 7) is 7.70. The highest BCUT2D eigenvalue weighted by Crippen LogP contribution is 2.23. The Labute approximate surface area is 119 Å². The highest BCUT2D eigenvalue weighted by Gasteiger charge is 2.15. The molecule has 2 heterocycles. The van der Waals surface area contributed by atoms with Gasteiger partial charge in [0.1, 0.15) is 23.2 Å². The fourth-order valence-corrected chi connectivity index (χ4v) is 2.14. The van der Waals surface area contributed by atoms with Crippen LogP contribution in [0, 0.1) is 6.92 Å². The van der Waals surface area contributed by atoms with E-state index in [-0.39, 0.29) is 0 Å². The van der Waals surface area contributed by atoms with Crippen molar-refractivity contribution in [3.63, 3.8) is 0 Å². The third-order valence-corrected chi connectivity index (χ3v) is 3.29. The lowest BCUT2D eigenvalue weighted by molar-refractivity contribution is 0.502. The van der Waals surface area contributed by atoms with Crippen molar-refractivity contribution in [3.05, 3.63) is 35.5 Å². The summed E-state index contributed by atoms with van der Waals surface area (Å²) < 4.78 is 5.42. The van der Waals surface area contributed by atoms with Crippen molar-refractivity contribution in [2.24, 2.45) is 0 Å². The van der Waals surface area contributed by atoms with Crippen molar-refractivity contribution < 1.29 is 4.42 Å². The lowest BCUT2D eigenvalue weighted by Gasteiger charge is -2.23. The molecule has 0 aliphatic heterocycles. The summed E-state index contributed by atoms with van der Waals surface area (Å²) in [7, 11) is 0. The molecule has 0 atom stereocenters. The Morgan fingerprint density at radius 3 is 2.70 bits per heavy atom. The maximum atomic E-state index is 6.02. The maximum Gasteiger partial charge on any atom is 0.137 e. The molecule has 2 rings (SSSR count). The Kier molecular flexibility index (Phi) is 4.61. The predicted octanol–water partition coefficient (Wildman–Crippen LogP) is 2.94. The molecule has 0 unspecified atom stereocenters. The van der Waals surface area contributed by atoms with Gasteiger partial charge in [-0.2, -0.15) is 0 Å². The van der Waals surface area contributed by atoms with Crippen LogP contribution in [0.4, 0.5) is 11.6 Å². The standard InChI is InChI=1S/C15H22N4O/c1-4-7-13-17-14(16)11(3)15(18-13)19(5-2)10-12-8-6-9-20-12/h6,8-9H,4-5,7,10H2,1-3H3,(H2,16,17,18). The van der Waals surface area contributed by atoms with E-state index in [1.165, 1.54) is 0 Å². The van der Waals surface area contributed by atoms with E-state index in [1.807, 2.05) is 19.1 Å². The van der Waals surface area contributed by atoms with Crippen molar-refractivity contribution in [2.45, 2.75) is 40.2 Å². The number of aryl methyl sites for hydroxylation is 1. The summed E-state index contributed by atoms with van der Waals surface area (Å²) in [6.07, 6.45) is 3.54. The molecular weight excluding hydrogens is 252 g/mol. The van der Waals surface area contributed by atoms with Crippen LogP contribution < -0.4 is 10.6 Å². The third kappa shape index (κ3) is 3.10. The Morgan fingerprint density at radius 2 is 2.10 bits per heavy atom. The van der Waals surface area contributed by atoms with Crippen molar-refractivity contribution >= 4 is 11.6 Å². The molecule has 0 aliphatic carbocycles. The average Bonchev–Trinajstić information content (AvgIpc) is 2.93. The first kappa shape index (κ1) is 14.4. The molecule has 5 heteroatoms. The van der Waals surface area contributed by atoms with E-state index in [4.69, 9.17) is 10.2 Å². The number of nitrogens with two attached hydrogens (primary N) is 1. The summed E-state index contributed by atoms with van der Waals surface area (Å²) in [6, 6.07) is 3.86. The van der Waals surface area contributed by atoms with Gasteiger partial charge in [-0.15, -0.1) is 0 Å². The largest absolute Gasteiger partial charge is 0.467 e. The molecule has 20 heavy (non-hydrogen) atoms. The molecule has 0 radical (unpaired) electrons. The Balaban J connectivity index is 2.32. The molecule has 0 saturated heterocycles. The minimum absolute atomic E-state index is 0.566. The van der Waals surface area contributed by atoms with Gasteiger partial charge in [0.2, 0.25) is 0 Å². The van der Waals surface area contributed by atoms with E-state index in [9.17, 15) is 0 Å². The highest BCUT2D eigenvalue weighted by atomic mass is 16.3. The maximum absolute atomic E-state index is 6.02. The van der Waals surface area contributed by atoms with Crippen molar-refractivity contribution in [2.75, 3.05) is 17.2 Å². The molecule has 0 aliphatic rings. The predicted molar refractivity (Wildman–Crippen MR) is 80.6 cm³/mol. The van der Waals surface area contributed by atoms with Crippen molar-refractivity contribution in [1.29, 1.82) is 0 Å². The lowest BCUT2D eigenvalue weighted by Crippen LogP contribution is -2.25. The molecule has 0 amide bonds. The van der Waals surface area contributed by atoms with Crippen LogP contribution in [-0.4, -0.2) is 16.5 Å². The molecule has 5 nitrogen and oxygen atoms in total. The summed E-state index contributed by atoms with van der Waals surface area (Å²) in [5.41, 5.74) is 6.95. The van der Waals surface area contributed by atoms with E-state index >= 15 is 0 Å². The molecule has 0 spiro atoms. The highest BCUT2D eigenvalue weighted by molar-refractivity contribution is 5.56. The minimum atomic E-state index is 0.566. The molecule has 0 saturated carbocycles. The van der Waals surface area contributed by atoms with Gasteiger partial charge < -0.3 is 15.1 Å². The van der Waals surface area contributed by atoms with E-state index in [0.717, 1.165) is 42.4 Å². The number of hydrogen-bond acceptors (Lipinski definition) is 5. The Hall–Kier alpha value is -2.04.